The molecule has 0 radical (unpaired) electrons. The maximum absolute atomic E-state index is 6.21. The van der Waals surface area contributed by atoms with E-state index in [2.05, 4.69) is 61.9 Å². The molecule has 2 aromatic carbocycles. The van der Waals surface area contributed by atoms with Gasteiger partial charge in [0.15, 0.2) is 0 Å². The van der Waals surface area contributed by atoms with Crippen LogP contribution in [0.3, 0.4) is 0 Å². The second kappa shape index (κ2) is 7.74. The first-order chi connectivity index (χ1) is 11.7. The SMILES string of the molecule is CCCCCCCCOn1c2cc(C)ccc2c2ccc(C)cc21. The van der Waals surface area contributed by atoms with Gasteiger partial charge in [-0.15, -0.1) is 0 Å². The van der Waals surface area contributed by atoms with E-state index in [9.17, 15) is 0 Å². The fraction of sp³-hybridized carbons (Fsp3) is 0.455. The van der Waals surface area contributed by atoms with Crippen molar-refractivity contribution in [3.8, 4) is 0 Å². The molecule has 2 nitrogen and oxygen atoms in total. The van der Waals surface area contributed by atoms with Crippen LogP contribution in [0.2, 0.25) is 0 Å². The Hall–Kier alpha value is -1.96. The Balaban J connectivity index is 1.79. The smallest absolute Gasteiger partial charge is 0.115 e. The van der Waals surface area contributed by atoms with E-state index in [0.29, 0.717) is 0 Å². The number of unbranched alkanes of at least 4 members (excludes halogenated alkanes) is 5. The minimum Gasteiger partial charge on any atom is -0.413 e. The molecular formula is C22H29NO. The lowest BCUT2D eigenvalue weighted by molar-refractivity contribution is 0.125. The Kier molecular flexibility index (Phi) is 5.44. The van der Waals surface area contributed by atoms with Crippen LogP contribution in [0.1, 0.15) is 56.6 Å². The number of benzene rings is 2. The second-order valence-corrected chi connectivity index (χ2v) is 6.94. The van der Waals surface area contributed by atoms with Crippen molar-refractivity contribution >= 4 is 21.8 Å². The van der Waals surface area contributed by atoms with Crippen molar-refractivity contribution < 1.29 is 4.84 Å². The molecule has 0 aliphatic rings. The average molecular weight is 323 g/mol. The molecule has 2 heteroatoms. The number of fused-ring (bicyclic) bond motifs is 3. The largest absolute Gasteiger partial charge is 0.413 e. The van der Waals surface area contributed by atoms with Gasteiger partial charge < -0.3 is 4.84 Å². The third kappa shape index (κ3) is 3.58. The number of hydrogen-bond acceptors (Lipinski definition) is 1. The number of nitrogens with zero attached hydrogens (tertiary/aromatic N) is 1. The molecule has 0 aliphatic carbocycles. The van der Waals surface area contributed by atoms with E-state index in [-0.39, 0.29) is 0 Å². The molecule has 0 saturated carbocycles. The van der Waals surface area contributed by atoms with Gasteiger partial charge in [0, 0.05) is 10.8 Å². The van der Waals surface area contributed by atoms with Gasteiger partial charge in [0.2, 0.25) is 0 Å². The first-order valence-corrected chi connectivity index (χ1v) is 9.35. The van der Waals surface area contributed by atoms with E-state index in [4.69, 9.17) is 4.84 Å². The first-order valence-electron chi connectivity index (χ1n) is 9.35. The van der Waals surface area contributed by atoms with E-state index in [1.807, 2.05) is 0 Å². The molecule has 0 unspecified atom stereocenters. The topological polar surface area (TPSA) is 14.2 Å². The predicted molar refractivity (Wildman–Crippen MR) is 104 cm³/mol. The van der Waals surface area contributed by atoms with Gasteiger partial charge in [-0.25, -0.2) is 0 Å². The minimum absolute atomic E-state index is 0.785. The highest BCUT2D eigenvalue weighted by atomic mass is 16.7. The molecule has 0 saturated heterocycles. The van der Waals surface area contributed by atoms with Crippen LogP contribution >= 0.6 is 0 Å². The fourth-order valence-corrected chi connectivity index (χ4v) is 3.38. The quantitative estimate of drug-likeness (QED) is 0.450. The average Bonchev–Trinajstić information content (AvgIpc) is 2.86. The Bertz CT molecular complexity index is 756. The van der Waals surface area contributed by atoms with Gasteiger partial charge in [-0.3, -0.25) is 0 Å². The van der Waals surface area contributed by atoms with Crippen LogP contribution in [0, 0.1) is 13.8 Å². The van der Waals surface area contributed by atoms with Gasteiger partial charge in [-0.05, 0) is 49.9 Å². The summed E-state index contributed by atoms with van der Waals surface area (Å²) in [6.07, 6.45) is 7.72. The Labute approximate surface area is 145 Å². The molecule has 128 valence electrons. The molecule has 1 aromatic heterocycles. The Morgan fingerprint density at radius 3 is 1.88 bits per heavy atom. The number of hydrogen-bond donors (Lipinski definition) is 0. The molecule has 0 atom stereocenters. The van der Waals surface area contributed by atoms with Crippen molar-refractivity contribution in [2.45, 2.75) is 59.3 Å². The molecule has 0 spiro atoms. The van der Waals surface area contributed by atoms with Gasteiger partial charge in [-0.1, -0.05) is 56.9 Å². The zero-order valence-electron chi connectivity index (χ0n) is 15.3. The number of aryl methyl sites for hydroxylation is 2. The van der Waals surface area contributed by atoms with E-state index in [1.54, 1.807) is 0 Å². The molecule has 0 bridgehead atoms. The summed E-state index contributed by atoms with van der Waals surface area (Å²) in [5, 5.41) is 2.55. The van der Waals surface area contributed by atoms with Crippen LogP contribution in [0.5, 0.6) is 0 Å². The minimum atomic E-state index is 0.785. The van der Waals surface area contributed by atoms with Crippen LogP contribution in [-0.4, -0.2) is 11.3 Å². The van der Waals surface area contributed by atoms with E-state index in [1.165, 1.54) is 65.0 Å². The van der Waals surface area contributed by atoms with Gasteiger partial charge in [0.25, 0.3) is 0 Å². The molecule has 3 aromatic rings. The maximum atomic E-state index is 6.21. The zero-order valence-corrected chi connectivity index (χ0v) is 15.3. The van der Waals surface area contributed by atoms with Crippen molar-refractivity contribution in [2.75, 3.05) is 6.61 Å². The summed E-state index contributed by atoms with van der Waals surface area (Å²) in [6, 6.07) is 13.2. The van der Waals surface area contributed by atoms with Crippen LogP contribution in [0.25, 0.3) is 21.8 Å². The van der Waals surface area contributed by atoms with Gasteiger partial charge in [-0.2, -0.15) is 4.73 Å². The van der Waals surface area contributed by atoms with E-state index in [0.717, 1.165) is 13.0 Å². The lowest BCUT2D eigenvalue weighted by atomic mass is 10.1. The van der Waals surface area contributed by atoms with Crippen LogP contribution in [-0.2, 0) is 0 Å². The molecule has 24 heavy (non-hydrogen) atoms. The predicted octanol–water partition coefficient (Wildman–Crippen LogP) is 6.20. The van der Waals surface area contributed by atoms with Crippen molar-refractivity contribution in [1.29, 1.82) is 0 Å². The summed E-state index contributed by atoms with van der Waals surface area (Å²) >= 11 is 0. The third-order valence-corrected chi connectivity index (χ3v) is 4.75. The molecular weight excluding hydrogens is 294 g/mol. The summed E-state index contributed by atoms with van der Waals surface area (Å²) in [4.78, 5) is 6.21. The molecule has 0 amide bonds. The summed E-state index contributed by atoms with van der Waals surface area (Å²) < 4.78 is 2.05. The highest BCUT2D eigenvalue weighted by Crippen LogP contribution is 2.29. The molecule has 0 aliphatic heterocycles. The number of rotatable bonds is 8. The van der Waals surface area contributed by atoms with Gasteiger partial charge in [0.05, 0.1) is 11.0 Å². The summed E-state index contributed by atoms with van der Waals surface area (Å²) in [6.45, 7) is 7.32. The first kappa shape index (κ1) is 16.9. The highest BCUT2D eigenvalue weighted by molar-refractivity contribution is 6.08. The van der Waals surface area contributed by atoms with E-state index < -0.39 is 0 Å². The fourth-order valence-electron chi connectivity index (χ4n) is 3.38. The van der Waals surface area contributed by atoms with Crippen molar-refractivity contribution in [1.82, 2.24) is 4.73 Å². The zero-order chi connectivity index (χ0) is 16.9. The summed E-state index contributed by atoms with van der Waals surface area (Å²) in [5.74, 6) is 0. The molecule has 3 rings (SSSR count). The third-order valence-electron chi connectivity index (χ3n) is 4.75. The van der Waals surface area contributed by atoms with Crippen LogP contribution < -0.4 is 4.84 Å². The lowest BCUT2D eigenvalue weighted by Crippen LogP contribution is -2.12. The monoisotopic (exact) mass is 323 g/mol. The Morgan fingerprint density at radius 1 is 0.750 bits per heavy atom. The molecule has 1 heterocycles. The van der Waals surface area contributed by atoms with Gasteiger partial charge in [0.1, 0.15) is 6.61 Å². The van der Waals surface area contributed by atoms with Crippen LogP contribution in [0.15, 0.2) is 36.4 Å². The van der Waals surface area contributed by atoms with Crippen LogP contribution in [0.4, 0.5) is 0 Å². The number of aromatic nitrogens is 1. The van der Waals surface area contributed by atoms with Crippen molar-refractivity contribution in [2.24, 2.45) is 0 Å². The normalized spacial score (nSPS) is 11.5. The second-order valence-electron chi connectivity index (χ2n) is 6.94. The molecule has 0 N–H and O–H groups in total. The van der Waals surface area contributed by atoms with Gasteiger partial charge >= 0.3 is 0 Å². The van der Waals surface area contributed by atoms with Crippen molar-refractivity contribution in [3.05, 3.63) is 47.5 Å². The molecule has 0 fully saturated rings. The summed E-state index contributed by atoms with van der Waals surface area (Å²) in [5.41, 5.74) is 4.90. The lowest BCUT2D eigenvalue weighted by Gasteiger charge is -2.10. The Morgan fingerprint density at radius 2 is 1.29 bits per heavy atom. The van der Waals surface area contributed by atoms with E-state index >= 15 is 0 Å². The highest BCUT2D eigenvalue weighted by Gasteiger charge is 2.11. The maximum Gasteiger partial charge on any atom is 0.115 e. The standard InChI is InChI=1S/C22H29NO/c1-4-5-6-7-8-9-14-24-23-21-15-17(2)10-12-19(21)20-13-11-18(3)16-22(20)23/h10-13,15-16H,4-9,14H2,1-3H3. The summed E-state index contributed by atoms with van der Waals surface area (Å²) in [7, 11) is 0. The van der Waals surface area contributed by atoms with Crippen molar-refractivity contribution in [3.63, 3.8) is 0 Å².